The molecule has 0 spiro atoms. The van der Waals surface area contributed by atoms with Gasteiger partial charge < -0.3 is 14.9 Å². The maximum absolute atomic E-state index is 6.17. The average Bonchev–Trinajstić information content (AvgIpc) is 3.09. The van der Waals surface area contributed by atoms with Gasteiger partial charge in [0.25, 0.3) is 0 Å². The zero-order valence-electron chi connectivity index (χ0n) is 12.4. The second-order valence-electron chi connectivity index (χ2n) is 4.73. The van der Waals surface area contributed by atoms with Gasteiger partial charge in [-0.15, -0.1) is 0 Å². The molecule has 118 valence electrons. The van der Waals surface area contributed by atoms with Gasteiger partial charge in [-0.2, -0.15) is 9.97 Å². The summed E-state index contributed by atoms with van der Waals surface area (Å²) in [6, 6.07) is 10.4. The van der Waals surface area contributed by atoms with Crippen LogP contribution in [0, 0.1) is 0 Å². The van der Waals surface area contributed by atoms with Crippen molar-refractivity contribution in [2.45, 2.75) is 13.0 Å². The highest BCUT2D eigenvalue weighted by molar-refractivity contribution is 6.30. The topological polar surface area (TPSA) is 87.1 Å². The van der Waals surface area contributed by atoms with E-state index in [1.807, 2.05) is 19.1 Å². The summed E-state index contributed by atoms with van der Waals surface area (Å²) >= 11 is 5.92. The van der Waals surface area contributed by atoms with Gasteiger partial charge in [0.2, 0.25) is 0 Å². The number of nitrogens with two attached hydrogens (primary N) is 1. The summed E-state index contributed by atoms with van der Waals surface area (Å²) in [5.41, 5.74) is 6.97. The SMILES string of the molecule is CCOc1nc(-c2ccc(Cl)cc2)nc(C(N)c2ccco2)n1. The molecule has 1 unspecified atom stereocenters. The Morgan fingerprint density at radius 3 is 2.61 bits per heavy atom. The maximum Gasteiger partial charge on any atom is 0.320 e. The lowest BCUT2D eigenvalue weighted by molar-refractivity contribution is 0.309. The number of ether oxygens (including phenoxy) is 1. The highest BCUT2D eigenvalue weighted by Gasteiger charge is 2.18. The Balaban J connectivity index is 2.04. The molecule has 1 aromatic carbocycles. The summed E-state index contributed by atoms with van der Waals surface area (Å²) in [5.74, 6) is 1.42. The average molecular weight is 331 g/mol. The van der Waals surface area contributed by atoms with E-state index in [0.717, 1.165) is 5.56 Å². The predicted octanol–water partition coefficient (Wildman–Crippen LogP) is 3.23. The van der Waals surface area contributed by atoms with E-state index in [-0.39, 0.29) is 6.01 Å². The lowest BCUT2D eigenvalue weighted by Gasteiger charge is -2.11. The molecule has 3 aromatic rings. The number of benzene rings is 1. The molecule has 1 atom stereocenters. The van der Waals surface area contributed by atoms with Crippen LogP contribution in [0.1, 0.15) is 24.6 Å². The third kappa shape index (κ3) is 3.49. The van der Waals surface area contributed by atoms with Crippen LogP contribution in [-0.4, -0.2) is 21.6 Å². The van der Waals surface area contributed by atoms with Crippen LogP contribution in [0.4, 0.5) is 0 Å². The summed E-state index contributed by atoms with van der Waals surface area (Å²) in [7, 11) is 0. The van der Waals surface area contributed by atoms with Crippen molar-refractivity contribution in [1.29, 1.82) is 0 Å². The molecule has 23 heavy (non-hydrogen) atoms. The minimum atomic E-state index is -0.599. The molecule has 0 aliphatic heterocycles. The van der Waals surface area contributed by atoms with Gasteiger partial charge in [-0.05, 0) is 43.3 Å². The molecule has 2 N–H and O–H groups in total. The van der Waals surface area contributed by atoms with Crippen LogP contribution in [0.25, 0.3) is 11.4 Å². The monoisotopic (exact) mass is 330 g/mol. The fourth-order valence-electron chi connectivity index (χ4n) is 2.03. The molecule has 6 nitrogen and oxygen atoms in total. The first-order valence-corrected chi connectivity index (χ1v) is 7.49. The van der Waals surface area contributed by atoms with Crippen molar-refractivity contribution in [2.75, 3.05) is 6.61 Å². The standard InChI is InChI=1S/C16H15ClN4O2/c1-2-22-16-20-14(10-5-7-11(17)8-6-10)19-15(21-16)13(18)12-4-3-9-23-12/h3-9,13H,2,18H2,1H3. The second kappa shape index (κ2) is 6.76. The highest BCUT2D eigenvalue weighted by atomic mass is 35.5. The molecular formula is C16H15ClN4O2. The molecule has 2 aromatic heterocycles. The van der Waals surface area contributed by atoms with E-state index in [1.165, 1.54) is 0 Å². The first-order valence-electron chi connectivity index (χ1n) is 7.11. The Labute approximate surface area is 138 Å². The zero-order valence-corrected chi connectivity index (χ0v) is 13.2. The molecular weight excluding hydrogens is 316 g/mol. The molecule has 0 amide bonds. The summed E-state index contributed by atoms with van der Waals surface area (Å²) in [4.78, 5) is 13.0. The Morgan fingerprint density at radius 2 is 1.96 bits per heavy atom. The molecule has 3 rings (SSSR count). The van der Waals surface area contributed by atoms with Crippen LogP contribution in [0.2, 0.25) is 5.02 Å². The normalized spacial score (nSPS) is 12.1. The van der Waals surface area contributed by atoms with Crippen molar-refractivity contribution in [3.05, 3.63) is 59.3 Å². The Hall–Kier alpha value is -2.44. The van der Waals surface area contributed by atoms with E-state index in [4.69, 9.17) is 26.5 Å². The quantitative estimate of drug-likeness (QED) is 0.772. The summed E-state index contributed by atoms with van der Waals surface area (Å²) < 4.78 is 10.8. The molecule has 0 fully saturated rings. The Morgan fingerprint density at radius 1 is 1.17 bits per heavy atom. The van der Waals surface area contributed by atoms with Crippen molar-refractivity contribution >= 4 is 11.6 Å². The zero-order chi connectivity index (χ0) is 16.2. The van der Waals surface area contributed by atoms with E-state index in [1.54, 1.807) is 30.5 Å². The lowest BCUT2D eigenvalue weighted by atomic mass is 10.2. The number of hydrogen-bond donors (Lipinski definition) is 1. The van der Waals surface area contributed by atoms with E-state index >= 15 is 0 Å². The van der Waals surface area contributed by atoms with Crippen molar-refractivity contribution in [1.82, 2.24) is 15.0 Å². The van der Waals surface area contributed by atoms with Gasteiger partial charge in [0.1, 0.15) is 11.8 Å². The summed E-state index contributed by atoms with van der Waals surface area (Å²) in [6.07, 6.45) is 1.56. The van der Waals surface area contributed by atoms with Gasteiger partial charge in [0.05, 0.1) is 12.9 Å². The fraction of sp³-hybridized carbons (Fsp3) is 0.188. The first kappa shape index (κ1) is 15.5. The minimum absolute atomic E-state index is 0.226. The van der Waals surface area contributed by atoms with Crippen LogP contribution in [0.3, 0.4) is 0 Å². The number of hydrogen-bond acceptors (Lipinski definition) is 6. The van der Waals surface area contributed by atoms with Crippen molar-refractivity contribution < 1.29 is 9.15 Å². The number of rotatable bonds is 5. The van der Waals surface area contributed by atoms with Crippen LogP contribution in [0.5, 0.6) is 6.01 Å². The van der Waals surface area contributed by atoms with Crippen LogP contribution < -0.4 is 10.5 Å². The lowest BCUT2D eigenvalue weighted by Crippen LogP contribution is -2.17. The third-order valence-corrected chi connectivity index (χ3v) is 3.39. The maximum atomic E-state index is 6.17. The van der Waals surface area contributed by atoms with Gasteiger partial charge in [0.15, 0.2) is 11.6 Å². The van der Waals surface area contributed by atoms with Crippen LogP contribution in [-0.2, 0) is 0 Å². The Kier molecular flexibility index (Phi) is 4.55. The number of furan rings is 1. The van der Waals surface area contributed by atoms with Gasteiger partial charge in [-0.3, -0.25) is 0 Å². The molecule has 0 radical (unpaired) electrons. The number of aromatic nitrogens is 3. The van der Waals surface area contributed by atoms with E-state index in [2.05, 4.69) is 15.0 Å². The van der Waals surface area contributed by atoms with Crippen LogP contribution >= 0.6 is 11.6 Å². The van der Waals surface area contributed by atoms with Crippen LogP contribution in [0.15, 0.2) is 47.1 Å². The van der Waals surface area contributed by atoms with E-state index in [9.17, 15) is 0 Å². The van der Waals surface area contributed by atoms with Gasteiger partial charge in [-0.1, -0.05) is 11.6 Å². The summed E-state index contributed by atoms with van der Waals surface area (Å²) in [6.45, 7) is 2.30. The molecule has 0 saturated heterocycles. The Bertz CT molecular complexity index is 775. The minimum Gasteiger partial charge on any atom is -0.467 e. The van der Waals surface area contributed by atoms with Crippen molar-refractivity contribution in [3.8, 4) is 17.4 Å². The third-order valence-electron chi connectivity index (χ3n) is 3.14. The molecule has 7 heteroatoms. The molecule has 0 aliphatic rings. The first-order chi connectivity index (χ1) is 11.2. The predicted molar refractivity (Wildman–Crippen MR) is 86.2 cm³/mol. The van der Waals surface area contributed by atoms with E-state index < -0.39 is 6.04 Å². The number of halogens is 1. The van der Waals surface area contributed by atoms with Crippen molar-refractivity contribution in [3.63, 3.8) is 0 Å². The van der Waals surface area contributed by atoms with Gasteiger partial charge in [0, 0.05) is 10.6 Å². The van der Waals surface area contributed by atoms with Crippen molar-refractivity contribution in [2.24, 2.45) is 5.73 Å². The van der Waals surface area contributed by atoms with Gasteiger partial charge >= 0.3 is 6.01 Å². The largest absolute Gasteiger partial charge is 0.467 e. The molecule has 0 bridgehead atoms. The number of nitrogens with zero attached hydrogens (tertiary/aromatic N) is 3. The molecule has 2 heterocycles. The highest BCUT2D eigenvalue weighted by Crippen LogP contribution is 2.23. The smallest absolute Gasteiger partial charge is 0.320 e. The van der Waals surface area contributed by atoms with Gasteiger partial charge in [-0.25, -0.2) is 4.98 Å². The fourth-order valence-corrected chi connectivity index (χ4v) is 2.15. The van der Waals surface area contributed by atoms with E-state index in [0.29, 0.717) is 29.0 Å². The molecule has 0 aliphatic carbocycles. The second-order valence-corrected chi connectivity index (χ2v) is 5.17. The molecule has 0 saturated carbocycles. The summed E-state index contributed by atoms with van der Waals surface area (Å²) in [5, 5.41) is 0.639.